The molecule has 0 aliphatic heterocycles. The number of nitrogens with one attached hydrogen (secondary N) is 1. The van der Waals surface area contributed by atoms with E-state index in [4.69, 9.17) is 0 Å². The second-order valence-corrected chi connectivity index (χ2v) is 4.80. The fourth-order valence-electron chi connectivity index (χ4n) is 2.13. The summed E-state index contributed by atoms with van der Waals surface area (Å²) < 4.78 is 2.12. The molecule has 2 rings (SSSR count). The molecule has 90 valence electrons. The van der Waals surface area contributed by atoms with E-state index in [0.717, 1.165) is 25.4 Å². The van der Waals surface area contributed by atoms with Gasteiger partial charge < -0.3 is 5.32 Å². The van der Waals surface area contributed by atoms with Crippen molar-refractivity contribution >= 4 is 0 Å². The summed E-state index contributed by atoms with van der Waals surface area (Å²) in [6, 6.07) is 2.89. The first-order chi connectivity index (χ1) is 7.74. The second-order valence-electron chi connectivity index (χ2n) is 4.80. The van der Waals surface area contributed by atoms with Crippen LogP contribution in [0.1, 0.15) is 45.0 Å². The molecule has 3 heteroatoms. The Morgan fingerprint density at radius 1 is 1.50 bits per heavy atom. The van der Waals surface area contributed by atoms with Crippen molar-refractivity contribution in [1.29, 1.82) is 0 Å². The SMILES string of the molecule is CCc1cc(CNC(C)C2CC2)n(CC)n1. The molecule has 0 bridgehead atoms. The zero-order valence-electron chi connectivity index (χ0n) is 10.7. The number of aromatic nitrogens is 2. The lowest BCUT2D eigenvalue weighted by Crippen LogP contribution is -2.28. The standard InChI is InChI=1S/C13H23N3/c1-4-12-8-13(16(5-2)15-12)9-14-10(3)11-6-7-11/h8,10-11,14H,4-7,9H2,1-3H3. The first kappa shape index (κ1) is 11.6. The highest BCUT2D eigenvalue weighted by Crippen LogP contribution is 2.32. The normalized spacial score (nSPS) is 17.7. The number of rotatable bonds is 6. The Bertz CT molecular complexity index is 339. The highest BCUT2D eigenvalue weighted by atomic mass is 15.3. The largest absolute Gasteiger partial charge is 0.308 e. The minimum Gasteiger partial charge on any atom is -0.308 e. The second kappa shape index (κ2) is 5.00. The van der Waals surface area contributed by atoms with Crippen molar-refractivity contribution in [2.24, 2.45) is 5.92 Å². The molecule has 0 spiro atoms. The highest BCUT2D eigenvalue weighted by molar-refractivity contribution is 5.10. The van der Waals surface area contributed by atoms with Gasteiger partial charge in [0.15, 0.2) is 0 Å². The Morgan fingerprint density at radius 3 is 2.81 bits per heavy atom. The van der Waals surface area contributed by atoms with Crippen LogP contribution in [0, 0.1) is 5.92 Å². The Morgan fingerprint density at radius 2 is 2.25 bits per heavy atom. The maximum absolute atomic E-state index is 4.56. The number of hydrogen-bond acceptors (Lipinski definition) is 2. The zero-order valence-corrected chi connectivity index (χ0v) is 10.7. The third-order valence-corrected chi connectivity index (χ3v) is 3.51. The summed E-state index contributed by atoms with van der Waals surface area (Å²) >= 11 is 0. The molecule has 1 saturated carbocycles. The van der Waals surface area contributed by atoms with E-state index >= 15 is 0 Å². The van der Waals surface area contributed by atoms with Gasteiger partial charge in [-0.2, -0.15) is 5.10 Å². The molecule has 1 aromatic heterocycles. The molecule has 1 atom stereocenters. The molecule has 0 aromatic carbocycles. The lowest BCUT2D eigenvalue weighted by Gasteiger charge is -2.12. The van der Waals surface area contributed by atoms with Gasteiger partial charge in [0.1, 0.15) is 0 Å². The van der Waals surface area contributed by atoms with Gasteiger partial charge in [-0.05, 0) is 45.1 Å². The summed E-state index contributed by atoms with van der Waals surface area (Å²) in [6.45, 7) is 8.53. The molecule has 3 nitrogen and oxygen atoms in total. The molecular formula is C13H23N3. The molecule has 1 N–H and O–H groups in total. The van der Waals surface area contributed by atoms with Crippen molar-refractivity contribution in [1.82, 2.24) is 15.1 Å². The van der Waals surface area contributed by atoms with E-state index in [0.29, 0.717) is 6.04 Å². The summed E-state index contributed by atoms with van der Waals surface area (Å²) in [5.41, 5.74) is 2.53. The van der Waals surface area contributed by atoms with Crippen molar-refractivity contribution in [2.75, 3.05) is 0 Å². The average Bonchev–Trinajstić information content (AvgIpc) is 3.07. The lowest BCUT2D eigenvalue weighted by atomic mass is 10.2. The third-order valence-electron chi connectivity index (χ3n) is 3.51. The summed E-state index contributed by atoms with van der Waals surface area (Å²) in [6.07, 6.45) is 3.83. The first-order valence-electron chi connectivity index (χ1n) is 6.53. The van der Waals surface area contributed by atoms with E-state index in [9.17, 15) is 0 Å². The predicted molar refractivity (Wildman–Crippen MR) is 66.3 cm³/mol. The van der Waals surface area contributed by atoms with Crippen LogP contribution >= 0.6 is 0 Å². The van der Waals surface area contributed by atoms with Crippen LogP contribution in [-0.2, 0) is 19.5 Å². The van der Waals surface area contributed by atoms with E-state index < -0.39 is 0 Å². The zero-order chi connectivity index (χ0) is 11.5. The third kappa shape index (κ3) is 2.64. The van der Waals surface area contributed by atoms with Crippen molar-refractivity contribution in [3.05, 3.63) is 17.5 Å². The van der Waals surface area contributed by atoms with Crippen molar-refractivity contribution in [2.45, 2.75) is 59.2 Å². The molecular weight excluding hydrogens is 198 g/mol. The van der Waals surface area contributed by atoms with Gasteiger partial charge >= 0.3 is 0 Å². The highest BCUT2D eigenvalue weighted by Gasteiger charge is 2.27. The minimum atomic E-state index is 0.658. The maximum Gasteiger partial charge on any atom is 0.0625 e. The van der Waals surface area contributed by atoms with E-state index in [1.165, 1.54) is 24.2 Å². The number of nitrogens with zero attached hydrogens (tertiary/aromatic N) is 2. The Hall–Kier alpha value is -0.830. The van der Waals surface area contributed by atoms with Crippen LogP contribution in [0.15, 0.2) is 6.07 Å². The van der Waals surface area contributed by atoms with Crippen LogP contribution in [0.3, 0.4) is 0 Å². The molecule has 1 aliphatic rings. The van der Waals surface area contributed by atoms with Gasteiger partial charge in [-0.25, -0.2) is 0 Å². The fourth-order valence-corrected chi connectivity index (χ4v) is 2.13. The summed E-state index contributed by atoms with van der Waals surface area (Å²) in [5, 5.41) is 8.17. The molecule has 1 fully saturated rings. The minimum absolute atomic E-state index is 0.658. The van der Waals surface area contributed by atoms with Crippen LogP contribution in [0.25, 0.3) is 0 Å². The van der Waals surface area contributed by atoms with Gasteiger partial charge in [-0.15, -0.1) is 0 Å². The molecule has 16 heavy (non-hydrogen) atoms. The molecule has 1 heterocycles. The van der Waals surface area contributed by atoms with Gasteiger partial charge in [-0.1, -0.05) is 6.92 Å². The maximum atomic E-state index is 4.56. The van der Waals surface area contributed by atoms with Crippen LogP contribution < -0.4 is 5.32 Å². The van der Waals surface area contributed by atoms with Crippen molar-refractivity contribution in [3.63, 3.8) is 0 Å². The van der Waals surface area contributed by atoms with Crippen LogP contribution in [-0.4, -0.2) is 15.8 Å². The Labute approximate surface area is 98.2 Å². The van der Waals surface area contributed by atoms with Crippen LogP contribution in [0.5, 0.6) is 0 Å². The van der Waals surface area contributed by atoms with Gasteiger partial charge in [0.2, 0.25) is 0 Å². The number of aryl methyl sites for hydroxylation is 2. The molecule has 1 unspecified atom stereocenters. The fraction of sp³-hybridized carbons (Fsp3) is 0.769. The van der Waals surface area contributed by atoms with Crippen LogP contribution in [0.4, 0.5) is 0 Å². The smallest absolute Gasteiger partial charge is 0.0625 e. The van der Waals surface area contributed by atoms with Gasteiger partial charge in [0.05, 0.1) is 11.4 Å². The van der Waals surface area contributed by atoms with Crippen molar-refractivity contribution < 1.29 is 0 Å². The van der Waals surface area contributed by atoms with E-state index in [2.05, 4.69) is 41.9 Å². The molecule has 0 radical (unpaired) electrons. The molecule has 1 aromatic rings. The molecule has 1 aliphatic carbocycles. The van der Waals surface area contributed by atoms with Gasteiger partial charge in [-0.3, -0.25) is 4.68 Å². The van der Waals surface area contributed by atoms with Crippen molar-refractivity contribution in [3.8, 4) is 0 Å². The summed E-state index contributed by atoms with van der Waals surface area (Å²) in [7, 11) is 0. The molecule has 0 amide bonds. The van der Waals surface area contributed by atoms with Crippen LogP contribution in [0.2, 0.25) is 0 Å². The van der Waals surface area contributed by atoms with E-state index in [1.807, 2.05) is 0 Å². The summed E-state index contributed by atoms with van der Waals surface area (Å²) in [5.74, 6) is 0.920. The first-order valence-corrected chi connectivity index (χ1v) is 6.53. The topological polar surface area (TPSA) is 29.9 Å². The number of hydrogen-bond donors (Lipinski definition) is 1. The van der Waals surface area contributed by atoms with E-state index in [1.54, 1.807) is 0 Å². The Kier molecular flexibility index (Phi) is 3.64. The predicted octanol–water partition coefficient (Wildman–Crippen LogP) is 2.35. The van der Waals surface area contributed by atoms with E-state index in [-0.39, 0.29) is 0 Å². The van der Waals surface area contributed by atoms with Gasteiger partial charge in [0, 0.05) is 19.1 Å². The molecule has 0 saturated heterocycles. The average molecular weight is 221 g/mol. The van der Waals surface area contributed by atoms with Gasteiger partial charge in [0.25, 0.3) is 0 Å². The quantitative estimate of drug-likeness (QED) is 0.799. The Balaban J connectivity index is 1.93. The summed E-state index contributed by atoms with van der Waals surface area (Å²) in [4.78, 5) is 0. The monoisotopic (exact) mass is 221 g/mol. The lowest BCUT2D eigenvalue weighted by molar-refractivity contribution is 0.477.